The van der Waals surface area contributed by atoms with Crippen molar-refractivity contribution in [3.63, 3.8) is 0 Å². The van der Waals surface area contributed by atoms with Crippen molar-refractivity contribution in [1.29, 1.82) is 0 Å². The number of carbonyl (C=O) groups excluding carboxylic acids is 1. The van der Waals surface area contributed by atoms with Crippen LogP contribution in [0.5, 0.6) is 5.75 Å². The summed E-state index contributed by atoms with van der Waals surface area (Å²) in [6, 6.07) is 7.83. The van der Waals surface area contributed by atoms with Crippen LogP contribution in [0.25, 0.3) is 0 Å². The molecule has 1 fully saturated rings. The maximum absolute atomic E-state index is 12.1. The number of carbonyl (C=O) groups is 1. The number of benzene rings is 1. The lowest BCUT2D eigenvalue weighted by atomic mass is 10.2. The van der Waals surface area contributed by atoms with E-state index in [0.717, 1.165) is 16.4 Å². The Kier molecular flexibility index (Phi) is 3.44. The smallest absolute Gasteiger partial charge is 0.240 e. The number of hydrogen-bond donors (Lipinski definition) is 0. The Balaban J connectivity index is 1.96. The lowest BCUT2D eigenvalue weighted by Crippen LogP contribution is -2.27. The van der Waals surface area contributed by atoms with E-state index >= 15 is 0 Å². The highest BCUT2D eigenvalue weighted by Gasteiger charge is 2.35. The number of aromatic nitrogens is 1. The van der Waals surface area contributed by atoms with E-state index in [1.807, 2.05) is 29.6 Å². The zero-order chi connectivity index (χ0) is 13.2. The van der Waals surface area contributed by atoms with Gasteiger partial charge in [0, 0.05) is 11.6 Å². The SMILES string of the molecule is COc1cccc([C@@H]2SCC(=O)N2c2nccs2)c1. The molecule has 1 amide bonds. The molecule has 2 heterocycles. The van der Waals surface area contributed by atoms with Crippen molar-refractivity contribution in [1.82, 2.24) is 4.98 Å². The highest BCUT2D eigenvalue weighted by atomic mass is 32.2. The molecule has 0 radical (unpaired) electrons. The number of amides is 1. The van der Waals surface area contributed by atoms with Gasteiger partial charge in [0.2, 0.25) is 5.91 Å². The van der Waals surface area contributed by atoms with Crippen LogP contribution in [0, 0.1) is 0 Å². The second-order valence-corrected chi connectivity index (χ2v) is 5.96. The number of ether oxygens (including phenoxy) is 1. The summed E-state index contributed by atoms with van der Waals surface area (Å²) in [7, 11) is 1.64. The van der Waals surface area contributed by atoms with Crippen LogP contribution < -0.4 is 9.64 Å². The molecule has 0 spiro atoms. The standard InChI is InChI=1S/C13H12N2O2S2/c1-17-10-4-2-3-9(7-10)12-15(11(16)8-19-12)13-14-5-6-18-13/h2-7,12H,8H2,1H3/t12-/m0/s1. The van der Waals surface area contributed by atoms with Crippen LogP contribution in [0.1, 0.15) is 10.9 Å². The monoisotopic (exact) mass is 292 g/mol. The molecule has 1 saturated heterocycles. The Labute approximate surface area is 119 Å². The second-order valence-electron chi connectivity index (χ2n) is 4.02. The van der Waals surface area contributed by atoms with E-state index in [-0.39, 0.29) is 11.3 Å². The number of anilines is 1. The normalized spacial score (nSPS) is 18.9. The van der Waals surface area contributed by atoms with Gasteiger partial charge in [-0.05, 0) is 17.7 Å². The third-order valence-corrected chi connectivity index (χ3v) is 4.86. The van der Waals surface area contributed by atoms with Gasteiger partial charge in [0.25, 0.3) is 0 Å². The molecule has 4 nitrogen and oxygen atoms in total. The molecule has 0 bridgehead atoms. The molecule has 19 heavy (non-hydrogen) atoms. The molecule has 0 unspecified atom stereocenters. The third-order valence-electron chi connectivity index (χ3n) is 2.87. The van der Waals surface area contributed by atoms with Crippen molar-refractivity contribution in [2.24, 2.45) is 0 Å². The van der Waals surface area contributed by atoms with Crippen LogP contribution in [0.3, 0.4) is 0 Å². The number of nitrogens with zero attached hydrogens (tertiary/aromatic N) is 2. The van der Waals surface area contributed by atoms with E-state index < -0.39 is 0 Å². The fraction of sp³-hybridized carbons (Fsp3) is 0.231. The van der Waals surface area contributed by atoms with Gasteiger partial charge in [-0.2, -0.15) is 0 Å². The fourth-order valence-electron chi connectivity index (χ4n) is 2.01. The molecule has 1 atom stereocenters. The summed E-state index contributed by atoms with van der Waals surface area (Å²) in [5, 5.41) is 2.62. The first kappa shape index (κ1) is 12.5. The topological polar surface area (TPSA) is 42.4 Å². The Morgan fingerprint density at radius 2 is 2.37 bits per heavy atom. The molecule has 6 heteroatoms. The number of hydrogen-bond acceptors (Lipinski definition) is 5. The maximum Gasteiger partial charge on any atom is 0.240 e. The minimum Gasteiger partial charge on any atom is -0.497 e. The summed E-state index contributed by atoms with van der Waals surface area (Å²) >= 11 is 3.10. The molecule has 1 aromatic heterocycles. The van der Waals surface area contributed by atoms with Crippen LogP contribution >= 0.6 is 23.1 Å². The number of rotatable bonds is 3. The first-order chi connectivity index (χ1) is 9.29. The zero-order valence-electron chi connectivity index (χ0n) is 10.3. The summed E-state index contributed by atoms with van der Waals surface area (Å²) in [5.74, 6) is 1.39. The maximum atomic E-state index is 12.1. The Hall–Kier alpha value is -1.53. The highest BCUT2D eigenvalue weighted by Crippen LogP contribution is 2.42. The van der Waals surface area contributed by atoms with E-state index in [1.165, 1.54) is 11.3 Å². The Bertz CT molecular complexity index is 586. The average Bonchev–Trinajstić information content (AvgIpc) is 3.07. The van der Waals surface area contributed by atoms with Gasteiger partial charge in [-0.25, -0.2) is 4.98 Å². The van der Waals surface area contributed by atoms with Crippen molar-refractivity contribution in [3.05, 3.63) is 41.4 Å². The number of thiazole rings is 1. The van der Waals surface area contributed by atoms with Crippen LogP contribution in [-0.2, 0) is 4.79 Å². The predicted molar refractivity (Wildman–Crippen MR) is 77.8 cm³/mol. The summed E-state index contributed by atoms with van der Waals surface area (Å²) in [4.78, 5) is 18.1. The summed E-state index contributed by atoms with van der Waals surface area (Å²) in [6.07, 6.45) is 1.72. The predicted octanol–water partition coefficient (Wildman–Crippen LogP) is 2.93. The minimum absolute atomic E-state index is 0.0197. The summed E-state index contributed by atoms with van der Waals surface area (Å²) in [5.41, 5.74) is 1.06. The fourth-order valence-corrected chi connectivity index (χ4v) is 3.91. The molecule has 0 saturated carbocycles. The summed E-state index contributed by atoms with van der Waals surface area (Å²) < 4.78 is 5.24. The van der Waals surface area contributed by atoms with E-state index in [4.69, 9.17) is 4.74 Å². The molecule has 1 aromatic carbocycles. The van der Waals surface area contributed by atoms with Crippen molar-refractivity contribution in [2.75, 3.05) is 17.8 Å². The van der Waals surface area contributed by atoms with E-state index in [2.05, 4.69) is 4.98 Å². The van der Waals surface area contributed by atoms with E-state index in [0.29, 0.717) is 5.75 Å². The molecule has 0 aliphatic carbocycles. The van der Waals surface area contributed by atoms with E-state index in [9.17, 15) is 4.79 Å². The largest absolute Gasteiger partial charge is 0.497 e. The molecule has 0 N–H and O–H groups in total. The highest BCUT2D eigenvalue weighted by molar-refractivity contribution is 8.00. The lowest BCUT2D eigenvalue weighted by molar-refractivity contribution is -0.115. The zero-order valence-corrected chi connectivity index (χ0v) is 11.9. The molecular weight excluding hydrogens is 280 g/mol. The van der Waals surface area contributed by atoms with Crippen LogP contribution in [0.4, 0.5) is 5.13 Å². The van der Waals surface area contributed by atoms with Gasteiger partial charge in [0.15, 0.2) is 5.13 Å². The molecule has 98 valence electrons. The van der Waals surface area contributed by atoms with Gasteiger partial charge in [-0.1, -0.05) is 12.1 Å². The summed E-state index contributed by atoms with van der Waals surface area (Å²) in [6.45, 7) is 0. The van der Waals surface area contributed by atoms with Gasteiger partial charge in [-0.15, -0.1) is 23.1 Å². The Morgan fingerprint density at radius 1 is 1.47 bits per heavy atom. The first-order valence-electron chi connectivity index (χ1n) is 5.76. The molecular formula is C13H12N2O2S2. The molecule has 1 aliphatic rings. The number of thioether (sulfide) groups is 1. The average molecular weight is 292 g/mol. The second kappa shape index (κ2) is 5.22. The first-order valence-corrected chi connectivity index (χ1v) is 7.69. The van der Waals surface area contributed by atoms with Crippen molar-refractivity contribution < 1.29 is 9.53 Å². The molecule has 3 rings (SSSR count). The lowest BCUT2D eigenvalue weighted by Gasteiger charge is -2.21. The van der Waals surface area contributed by atoms with Crippen molar-refractivity contribution in [2.45, 2.75) is 5.37 Å². The number of methoxy groups -OCH3 is 1. The van der Waals surface area contributed by atoms with Gasteiger partial charge in [0.05, 0.1) is 12.9 Å². The van der Waals surface area contributed by atoms with Gasteiger partial charge in [0.1, 0.15) is 11.1 Å². The van der Waals surface area contributed by atoms with Crippen molar-refractivity contribution in [3.8, 4) is 5.75 Å². The van der Waals surface area contributed by atoms with Crippen molar-refractivity contribution >= 4 is 34.1 Å². The van der Waals surface area contributed by atoms with E-state index in [1.54, 1.807) is 30.0 Å². The third kappa shape index (κ3) is 2.33. The van der Waals surface area contributed by atoms with Gasteiger partial charge < -0.3 is 4.74 Å². The van der Waals surface area contributed by atoms with Gasteiger partial charge >= 0.3 is 0 Å². The Morgan fingerprint density at radius 3 is 3.11 bits per heavy atom. The van der Waals surface area contributed by atoms with Gasteiger partial charge in [-0.3, -0.25) is 9.69 Å². The van der Waals surface area contributed by atoms with Crippen LogP contribution in [-0.4, -0.2) is 23.8 Å². The van der Waals surface area contributed by atoms with Crippen LogP contribution in [0.15, 0.2) is 35.8 Å². The molecule has 1 aliphatic heterocycles. The van der Waals surface area contributed by atoms with Crippen LogP contribution in [0.2, 0.25) is 0 Å². The minimum atomic E-state index is -0.0197. The quantitative estimate of drug-likeness (QED) is 0.872. The molecule has 2 aromatic rings.